The van der Waals surface area contributed by atoms with Gasteiger partial charge in [0.25, 0.3) is 0 Å². The molecule has 114 valence electrons. The van der Waals surface area contributed by atoms with E-state index >= 15 is 0 Å². The highest BCUT2D eigenvalue weighted by atomic mass is 79.9. The zero-order valence-electron chi connectivity index (χ0n) is 11.3. The van der Waals surface area contributed by atoms with Crippen molar-refractivity contribution in [3.05, 3.63) is 40.3 Å². The van der Waals surface area contributed by atoms with Crippen molar-refractivity contribution in [1.29, 1.82) is 0 Å². The van der Waals surface area contributed by atoms with Gasteiger partial charge >= 0.3 is 6.18 Å². The fourth-order valence-corrected chi connectivity index (χ4v) is 2.25. The quantitative estimate of drug-likeness (QED) is 0.807. The van der Waals surface area contributed by atoms with Gasteiger partial charge in [-0.2, -0.15) is 13.2 Å². The minimum absolute atomic E-state index is 0.00657. The largest absolute Gasteiger partial charge is 0.441 e. The van der Waals surface area contributed by atoms with Crippen molar-refractivity contribution in [1.82, 2.24) is 10.3 Å². The third-order valence-electron chi connectivity index (χ3n) is 2.87. The summed E-state index contributed by atoms with van der Waals surface area (Å²) in [5.41, 5.74) is -0.751. The van der Waals surface area contributed by atoms with E-state index in [1.165, 1.54) is 12.3 Å². The van der Waals surface area contributed by atoms with Crippen molar-refractivity contribution in [2.45, 2.75) is 19.5 Å². The molecule has 0 bridgehead atoms. The van der Waals surface area contributed by atoms with E-state index in [4.69, 9.17) is 4.42 Å². The number of rotatable bonds is 5. The minimum atomic E-state index is -4.45. The van der Waals surface area contributed by atoms with E-state index in [0.29, 0.717) is 23.3 Å². The fraction of sp³-hybridized carbons (Fsp3) is 0.357. The lowest BCUT2D eigenvalue weighted by molar-refractivity contribution is -0.137. The van der Waals surface area contributed by atoms with E-state index in [1.54, 1.807) is 6.07 Å². The summed E-state index contributed by atoms with van der Waals surface area (Å²) in [6.07, 6.45) is -2.58. The first-order valence-corrected chi connectivity index (χ1v) is 7.23. The first-order valence-electron chi connectivity index (χ1n) is 6.44. The molecule has 0 spiro atoms. The smallest absolute Gasteiger partial charge is 0.417 e. The van der Waals surface area contributed by atoms with E-state index < -0.39 is 11.7 Å². The van der Waals surface area contributed by atoms with E-state index in [0.717, 1.165) is 12.6 Å². The van der Waals surface area contributed by atoms with Gasteiger partial charge < -0.3 is 9.73 Å². The first-order chi connectivity index (χ1) is 9.91. The second kappa shape index (κ2) is 6.62. The molecule has 21 heavy (non-hydrogen) atoms. The van der Waals surface area contributed by atoms with Crippen molar-refractivity contribution in [2.24, 2.45) is 0 Å². The summed E-state index contributed by atoms with van der Waals surface area (Å²) in [7, 11) is 0. The van der Waals surface area contributed by atoms with Crippen molar-refractivity contribution in [2.75, 3.05) is 13.1 Å². The normalized spacial score (nSPS) is 11.9. The number of nitrogens with one attached hydrogen (secondary N) is 1. The zero-order valence-corrected chi connectivity index (χ0v) is 12.9. The maximum atomic E-state index is 13.1. The van der Waals surface area contributed by atoms with Gasteiger partial charge in [-0.25, -0.2) is 4.98 Å². The van der Waals surface area contributed by atoms with Gasteiger partial charge in [-0.3, -0.25) is 0 Å². The number of benzene rings is 1. The van der Waals surface area contributed by atoms with Gasteiger partial charge in [0.15, 0.2) is 11.7 Å². The van der Waals surface area contributed by atoms with Crippen LogP contribution in [0.3, 0.4) is 0 Å². The summed E-state index contributed by atoms with van der Waals surface area (Å²) in [6, 6.07) is 3.96. The number of halogens is 4. The lowest BCUT2D eigenvalue weighted by Crippen LogP contribution is -2.16. The lowest BCUT2D eigenvalue weighted by atomic mass is 10.1. The molecule has 0 amide bonds. The Morgan fingerprint density at radius 1 is 1.33 bits per heavy atom. The third kappa shape index (κ3) is 4.07. The number of aromatic nitrogens is 1. The molecule has 3 nitrogen and oxygen atoms in total. The molecule has 0 aliphatic heterocycles. The Morgan fingerprint density at radius 2 is 2.10 bits per heavy atom. The number of likely N-dealkylation sites (N-methyl/N-ethyl adjacent to an activating group) is 1. The minimum Gasteiger partial charge on any atom is -0.441 e. The predicted octanol–water partition coefficient (Wildman–Crippen LogP) is 4.27. The molecule has 0 saturated heterocycles. The molecule has 2 aromatic rings. The van der Waals surface area contributed by atoms with Crippen LogP contribution in [0.1, 0.15) is 18.4 Å². The van der Waals surface area contributed by atoms with Crippen molar-refractivity contribution >= 4 is 15.9 Å². The van der Waals surface area contributed by atoms with Crippen LogP contribution >= 0.6 is 15.9 Å². The molecule has 0 unspecified atom stereocenters. The molecule has 1 heterocycles. The highest BCUT2D eigenvalue weighted by Crippen LogP contribution is 2.38. The van der Waals surface area contributed by atoms with Crippen LogP contribution in [-0.2, 0) is 12.6 Å². The maximum Gasteiger partial charge on any atom is 0.417 e. The average molecular weight is 363 g/mol. The molecule has 1 N–H and O–H groups in total. The van der Waals surface area contributed by atoms with Gasteiger partial charge in [0.1, 0.15) is 0 Å². The van der Waals surface area contributed by atoms with Gasteiger partial charge in [-0.05, 0) is 24.7 Å². The Bertz CT molecular complexity index is 611. The number of oxazole rings is 1. The van der Waals surface area contributed by atoms with Crippen molar-refractivity contribution < 1.29 is 17.6 Å². The van der Waals surface area contributed by atoms with Crippen LogP contribution in [0.4, 0.5) is 13.2 Å². The summed E-state index contributed by atoms with van der Waals surface area (Å²) >= 11 is 3.05. The summed E-state index contributed by atoms with van der Waals surface area (Å²) in [6.45, 7) is 3.46. The van der Waals surface area contributed by atoms with Crippen LogP contribution in [0.15, 0.2) is 33.3 Å². The second-order valence-corrected chi connectivity index (χ2v) is 5.33. The van der Waals surface area contributed by atoms with Gasteiger partial charge in [-0.1, -0.05) is 22.9 Å². The molecule has 0 fully saturated rings. The number of hydrogen-bond donors (Lipinski definition) is 1. The molecule has 1 aromatic heterocycles. The lowest BCUT2D eigenvalue weighted by Gasteiger charge is -2.11. The fourth-order valence-electron chi connectivity index (χ4n) is 1.89. The molecular formula is C14H14BrF3N2O. The van der Waals surface area contributed by atoms with E-state index in [2.05, 4.69) is 26.2 Å². The molecule has 0 aliphatic carbocycles. The van der Waals surface area contributed by atoms with E-state index in [1.807, 2.05) is 6.92 Å². The van der Waals surface area contributed by atoms with Crippen LogP contribution in [0.2, 0.25) is 0 Å². The van der Waals surface area contributed by atoms with Gasteiger partial charge in [-0.15, -0.1) is 0 Å². The van der Waals surface area contributed by atoms with Crippen LogP contribution in [0.5, 0.6) is 0 Å². The molecule has 7 heteroatoms. The highest BCUT2D eigenvalue weighted by Gasteiger charge is 2.34. The van der Waals surface area contributed by atoms with Crippen LogP contribution in [0.25, 0.3) is 11.3 Å². The van der Waals surface area contributed by atoms with E-state index in [-0.39, 0.29) is 11.3 Å². The van der Waals surface area contributed by atoms with Crippen LogP contribution in [0, 0.1) is 0 Å². The monoisotopic (exact) mass is 362 g/mol. The number of nitrogens with zero attached hydrogens (tertiary/aromatic N) is 1. The Kier molecular flexibility index (Phi) is 5.05. The standard InChI is InChI=1S/C14H14BrF3N2O/c1-2-19-6-5-13-20-8-12(21-13)10-4-3-9(15)7-11(10)14(16,17)18/h3-4,7-8,19H,2,5-6H2,1H3. The second-order valence-electron chi connectivity index (χ2n) is 4.41. The maximum absolute atomic E-state index is 13.1. The summed E-state index contributed by atoms with van der Waals surface area (Å²) in [5, 5.41) is 3.10. The number of hydrogen-bond acceptors (Lipinski definition) is 3. The van der Waals surface area contributed by atoms with Crippen LogP contribution < -0.4 is 5.32 Å². The third-order valence-corrected chi connectivity index (χ3v) is 3.36. The first kappa shape index (κ1) is 16.0. The zero-order chi connectivity index (χ0) is 15.5. The Balaban J connectivity index is 2.30. The van der Waals surface area contributed by atoms with Gasteiger partial charge in [0.05, 0.1) is 11.8 Å². The predicted molar refractivity (Wildman–Crippen MR) is 76.9 cm³/mol. The van der Waals surface area contributed by atoms with Crippen LogP contribution in [-0.4, -0.2) is 18.1 Å². The van der Waals surface area contributed by atoms with E-state index in [9.17, 15) is 13.2 Å². The molecule has 0 radical (unpaired) electrons. The topological polar surface area (TPSA) is 38.1 Å². The Morgan fingerprint density at radius 3 is 2.76 bits per heavy atom. The summed E-state index contributed by atoms with van der Waals surface area (Å²) in [5.74, 6) is 0.545. The molecular weight excluding hydrogens is 349 g/mol. The molecule has 1 aromatic carbocycles. The Labute approximate surface area is 128 Å². The summed E-state index contributed by atoms with van der Waals surface area (Å²) in [4.78, 5) is 4.02. The Hall–Kier alpha value is -1.34. The van der Waals surface area contributed by atoms with Gasteiger partial charge in [0.2, 0.25) is 0 Å². The average Bonchev–Trinajstić information content (AvgIpc) is 2.87. The molecule has 0 saturated carbocycles. The molecule has 2 rings (SSSR count). The molecule has 0 atom stereocenters. The highest BCUT2D eigenvalue weighted by molar-refractivity contribution is 9.10. The van der Waals surface area contributed by atoms with Crippen molar-refractivity contribution in [3.63, 3.8) is 0 Å². The SMILES string of the molecule is CCNCCc1ncc(-c2ccc(Br)cc2C(F)(F)F)o1. The number of alkyl halides is 3. The van der Waals surface area contributed by atoms with Gasteiger partial charge in [0, 0.05) is 23.0 Å². The van der Waals surface area contributed by atoms with Crippen molar-refractivity contribution in [3.8, 4) is 11.3 Å². The summed E-state index contributed by atoms with van der Waals surface area (Å²) < 4.78 is 45.0. The molecule has 0 aliphatic rings.